The number of carbonyl (C=O) groups is 1. The van der Waals surface area contributed by atoms with Gasteiger partial charge in [-0.25, -0.2) is 0 Å². The molecular formula is C21H22N4O2. The second kappa shape index (κ2) is 7.31. The van der Waals surface area contributed by atoms with Crippen molar-refractivity contribution in [2.75, 3.05) is 13.1 Å². The summed E-state index contributed by atoms with van der Waals surface area (Å²) in [7, 11) is 0. The molecule has 0 saturated carbocycles. The van der Waals surface area contributed by atoms with Gasteiger partial charge >= 0.3 is 0 Å². The van der Waals surface area contributed by atoms with E-state index in [2.05, 4.69) is 21.2 Å². The van der Waals surface area contributed by atoms with Crippen molar-refractivity contribution in [3.05, 3.63) is 65.9 Å². The molecule has 0 radical (unpaired) electrons. The predicted octanol–water partition coefficient (Wildman–Crippen LogP) is 3.88. The van der Waals surface area contributed by atoms with Gasteiger partial charge in [0, 0.05) is 49.2 Å². The Balaban J connectivity index is 1.48. The number of hydrogen-bond acceptors (Lipinski definition) is 5. The molecular weight excluding hydrogens is 340 g/mol. The van der Waals surface area contributed by atoms with E-state index in [4.69, 9.17) is 4.52 Å². The van der Waals surface area contributed by atoms with Crippen LogP contribution in [0.2, 0.25) is 0 Å². The minimum Gasteiger partial charge on any atom is -0.351 e. The predicted molar refractivity (Wildman–Crippen MR) is 101 cm³/mol. The van der Waals surface area contributed by atoms with Crippen molar-refractivity contribution in [3.63, 3.8) is 0 Å². The fourth-order valence-corrected chi connectivity index (χ4v) is 3.42. The molecule has 1 amide bonds. The zero-order valence-corrected chi connectivity index (χ0v) is 15.5. The second-order valence-electron chi connectivity index (χ2n) is 7.22. The lowest BCUT2D eigenvalue weighted by atomic mass is 9.97. The van der Waals surface area contributed by atoms with E-state index in [9.17, 15) is 4.79 Å². The van der Waals surface area contributed by atoms with Crippen LogP contribution in [0.5, 0.6) is 0 Å². The van der Waals surface area contributed by atoms with E-state index in [0.29, 0.717) is 24.8 Å². The van der Waals surface area contributed by atoms with E-state index < -0.39 is 0 Å². The summed E-state index contributed by atoms with van der Waals surface area (Å²) in [5.41, 5.74) is 3.98. The van der Waals surface area contributed by atoms with Gasteiger partial charge in [0.25, 0.3) is 5.91 Å². The highest BCUT2D eigenvalue weighted by atomic mass is 16.5. The Morgan fingerprint density at radius 3 is 2.74 bits per heavy atom. The summed E-state index contributed by atoms with van der Waals surface area (Å²) >= 11 is 0. The first-order valence-corrected chi connectivity index (χ1v) is 9.24. The lowest BCUT2D eigenvalue weighted by Gasteiger charge is -2.15. The molecule has 0 spiro atoms. The molecule has 1 aliphatic heterocycles. The van der Waals surface area contributed by atoms with Gasteiger partial charge in [0.2, 0.25) is 5.76 Å². The third-order valence-electron chi connectivity index (χ3n) is 5.04. The van der Waals surface area contributed by atoms with Crippen molar-refractivity contribution in [2.24, 2.45) is 0 Å². The molecule has 1 atom stereocenters. The molecule has 0 aliphatic carbocycles. The Morgan fingerprint density at radius 2 is 2.00 bits per heavy atom. The largest absolute Gasteiger partial charge is 0.351 e. The molecule has 6 heteroatoms. The van der Waals surface area contributed by atoms with Crippen LogP contribution in [-0.4, -0.2) is 39.0 Å². The van der Waals surface area contributed by atoms with Gasteiger partial charge in [0.05, 0.1) is 11.4 Å². The average Bonchev–Trinajstić information content (AvgIpc) is 3.38. The molecule has 138 valence electrons. The van der Waals surface area contributed by atoms with E-state index >= 15 is 0 Å². The molecule has 0 aromatic carbocycles. The summed E-state index contributed by atoms with van der Waals surface area (Å²) in [6, 6.07) is 9.81. The van der Waals surface area contributed by atoms with Crippen molar-refractivity contribution in [3.8, 4) is 11.3 Å². The highest BCUT2D eigenvalue weighted by Gasteiger charge is 2.30. The van der Waals surface area contributed by atoms with Gasteiger partial charge in [-0.3, -0.25) is 14.8 Å². The molecule has 4 heterocycles. The molecule has 27 heavy (non-hydrogen) atoms. The lowest BCUT2D eigenvalue weighted by Crippen LogP contribution is -2.28. The molecule has 3 aromatic rings. The summed E-state index contributed by atoms with van der Waals surface area (Å²) in [5, 5.41) is 3.99. The SMILES string of the molecule is CC(C)c1cc(C(=O)N2CC[C@H](c3ccnc(-c4ccncc4)c3)C2)on1. The number of hydrogen-bond donors (Lipinski definition) is 0. The molecule has 0 unspecified atom stereocenters. The van der Waals surface area contributed by atoms with Gasteiger partial charge in [0.15, 0.2) is 0 Å². The fourth-order valence-electron chi connectivity index (χ4n) is 3.42. The summed E-state index contributed by atoms with van der Waals surface area (Å²) in [5.74, 6) is 0.780. The summed E-state index contributed by atoms with van der Waals surface area (Å²) in [6.07, 6.45) is 6.29. The Kier molecular flexibility index (Phi) is 4.71. The standard InChI is InChI=1S/C21H22N4O2/c1-14(2)18-12-20(27-24-18)21(26)25-10-6-17(13-25)16-5-9-23-19(11-16)15-3-7-22-8-4-15/h3-5,7-9,11-12,14,17H,6,10,13H2,1-2H3/t17-/m0/s1. The maximum Gasteiger partial charge on any atom is 0.292 e. The monoisotopic (exact) mass is 362 g/mol. The number of likely N-dealkylation sites (tertiary alicyclic amines) is 1. The minimum absolute atomic E-state index is 0.0830. The molecule has 1 saturated heterocycles. The molecule has 0 N–H and O–H groups in total. The summed E-state index contributed by atoms with van der Waals surface area (Å²) in [4.78, 5) is 23.1. The minimum atomic E-state index is -0.0830. The maximum atomic E-state index is 12.7. The van der Waals surface area contributed by atoms with Crippen LogP contribution in [0.25, 0.3) is 11.3 Å². The number of pyridine rings is 2. The van der Waals surface area contributed by atoms with Crippen molar-refractivity contribution in [2.45, 2.75) is 32.1 Å². The van der Waals surface area contributed by atoms with Crippen LogP contribution < -0.4 is 0 Å². The molecule has 3 aromatic heterocycles. The third-order valence-corrected chi connectivity index (χ3v) is 5.04. The van der Waals surface area contributed by atoms with Crippen molar-refractivity contribution in [1.29, 1.82) is 0 Å². The second-order valence-corrected chi connectivity index (χ2v) is 7.22. The van der Waals surface area contributed by atoms with Gasteiger partial charge in [-0.15, -0.1) is 0 Å². The Hall–Kier alpha value is -3.02. The van der Waals surface area contributed by atoms with Crippen LogP contribution in [0.4, 0.5) is 0 Å². The number of amides is 1. The first-order chi connectivity index (χ1) is 13.1. The molecule has 1 fully saturated rings. The molecule has 0 bridgehead atoms. The van der Waals surface area contributed by atoms with E-state index in [1.807, 2.05) is 43.1 Å². The third kappa shape index (κ3) is 3.60. The van der Waals surface area contributed by atoms with Crippen LogP contribution in [0.15, 0.2) is 53.4 Å². The van der Waals surface area contributed by atoms with E-state index in [-0.39, 0.29) is 11.8 Å². The zero-order chi connectivity index (χ0) is 18.8. The van der Waals surface area contributed by atoms with Crippen LogP contribution in [-0.2, 0) is 0 Å². The van der Waals surface area contributed by atoms with Gasteiger partial charge in [0.1, 0.15) is 0 Å². The fraction of sp³-hybridized carbons (Fsp3) is 0.333. The van der Waals surface area contributed by atoms with Crippen LogP contribution in [0, 0.1) is 0 Å². The highest BCUT2D eigenvalue weighted by molar-refractivity contribution is 5.91. The number of aromatic nitrogens is 3. The van der Waals surface area contributed by atoms with Crippen LogP contribution in [0.3, 0.4) is 0 Å². The summed E-state index contributed by atoms with van der Waals surface area (Å²) < 4.78 is 5.26. The number of carbonyl (C=O) groups excluding carboxylic acids is 1. The quantitative estimate of drug-likeness (QED) is 0.704. The lowest BCUT2D eigenvalue weighted by molar-refractivity contribution is 0.0749. The van der Waals surface area contributed by atoms with Gasteiger partial charge in [-0.1, -0.05) is 19.0 Å². The van der Waals surface area contributed by atoms with Crippen molar-refractivity contribution in [1.82, 2.24) is 20.0 Å². The first kappa shape index (κ1) is 17.4. The topological polar surface area (TPSA) is 72.1 Å². The number of rotatable bonds is 4. The van der Waals surface area contributed by atoms with Gasteiger partial charge in [-0.05, 0) is 42.2 Å². The normalized spacial score (nSPS) is 16.9. The Morgan fingerprint density at radius 1 is 1.19 bits per heavy atom. The van der Waals surface area contributed by atoms with Gasteiger partial charge < -0.3 is 9.42 Å². The number of nitrogens with zero attached hydrogens (tertiary/aromatic N) is 4. The maximum absolute atomic E-state index is 12.7. The highest BCUT2D eigenvalue weighted by Crippen LogP contribution is 2.30. The smallest absolute Gasteiger partial charge is 0.292 e. The van der Waals surface area contributed by atoms with Crippen LogP contribution >= 0.6 is 0 Å². The van der Waals surface area contributed by atoms with Gasteiger partial charge in [-0.2, -0.15) is 0 Å². The molecule has 1 aliphatic rings. The van der Waals surface area contributed by atoms with Crippen molar-refractivity contribution < 1.29 is 9.32 Å². The van der Waals surface area contributed by atoms with Crippen molar-refractivity contribution >= 4 is 5.91 Å². The van der Waals surface area contributed by atoms with E-state index in [0.717, 1.165) is 23.4 Å². The average molecular weight is 362 g/mol. The molecule has 4 rings (SSSR count). The summed E-state index contributed by atoms with van der Waals surface area (Å²) in [6.45, 7) is 5.45. The first-order valence-electron chi connectivity index (χ1n) is 9.24. The van der Waals surface area contributed by atoms with E-state index in [1.165, 1.54) is 5.56 Å². The molecule has 6 nitrogen and oxygen atoms in total. The Bertz CT molecular complexity index is 936. The zero-order valence-electron chi connectivity index (χ0n) is 15.5. The van der Waals surface area contributed by atoms with E-state index in [1.54, 1.807) is 18.5 Å². The van der Waals surface area contributed by atoms with Crippen LogP contribution in [0.1, 0.15) is 53.9 Å². The Labute approximate surface area is 158 Å².